The maximum Gasteiger partial charge on any atom is 0.417 e. The monoisotopic (exact) mass is 463 g/mol. The molecular formula is C18H21ClF3N5O2S. The van der Waals surface area contributed by atoms with Gasteiger partial charge in [-0.2, -0.15) is 13.2 Å². The SMILES string of the molecule is CS(=O)(=O)NCc1cnc(-c2ccc(Cl)c(C(F)(F)F)c2)nc1N1CCC(CN)C1. The third kappa shape index (κ3) is 5.39. The fraction of sp³-hybridized carbons (Fsp3) is 0.444. The van der Waals surface area contributed by atoms with Crippen LogP contribution in [0.2, 0.25) is 5.02 Å². The van der Waals surface area contributed by atoms with Crippen molar-refractivity contribution in [1.82, 2.24) is 14.7 Å². The number of anilines is 1. The topological polar surface area (TPSA) is 101 Å². The smallest absolute Gasteiger partial charge is 0.356 e. The first-order valence-electron chi connectivity index (χ1n) is 9.10. The van der Waals surface area contributed by atoms with Gasteiger partial charge in [-0.1, -0.05) is 11.6 Å². The lowest BCUT2D eigenvalue weighted by atomic mass is 10.1. The standard InChI is InChI=1S/C18H21ClF3N5O2S/c1-30(28,29)25-9-13-8-24-16(26-17(13)27-5-4-11(7-23)10-27)12-2-3-15(19)14(6-12)18(20,21)22/h2-3,6,8,11,25H,4-5,7,9-10,23H2,1H3. The zero-order valence-electron chi connectivity index (χ0n) is 16.1. The molecule has 3 rings (SSSR count). The second kappa shape index (κ2) is 8.66. The number of nitrogens with one attached hydrogen (secondary N) is 1. The van der Waals surface area contributed by atoms with Crippen molar-refractivity contribution in [3.05, 3.63) is 40.5 Å². The van der Waals surface area contributed by atoms with E-state index in [0.29, 0.717) is 31.0 Å². The van der Waals surface area contributed by atoms with E-state index in [2.05, 4.69) is 14.7 Å². The Hall–Kier alpha value is -1.95. The third-order valence-corrected chi connectivity index (χ3v) is 5.81. The number of hydrogen-bond donors (Lipinski definition) is 2. The molecule has 7 nitrogen and oxygen atoms in total. The zero-order chi connectivity index (χ0) is 22.1. The summed E-state index contributed by atoms with van der Waals surface area (Å²) < 4.78 is 65.0. The molecule has 0 saturated carbocycles. The lowest BCUT2D eigenvalue weighted by Crippen LogP contribution is -2.27. The van der Waals surface area contributed by atoms with Gasteiger partial charge in [0, 0.05) is 37.0 Å². The van der Waals surface area contributed by atoms with E-state index in [9.17, 15) is 21.6 Å². The minimum atomic E-state index is -4.61. The zero-order valence-corrected chi connectivity index (χ0v) is 17.7. The first-order chi connectivity index (χ1) is 14.0. The van der Waals surface area contributed by atoms with Gasteiger partial charge in [-0.05, 0) is 37.1 Å². The molecule has 3 N–H and O–H groups in total. The minimum Gasteiger partial charge on any atom is -0.356 e. The van der Waals surface area contributed by atoms with E-state index in [-0.39, 0.29) is 23.9 Å². The normalized spacial score (nSPS) is 17.5. The van der Waals surface area contributed by atoms with Gasteiger partial charge >= 0.3 is 6.18 Å². The summed E-state index contributed by atoms with van der Waals surface area (Å²) in [4.78, 5) is 10.6. The summed E-state index contributed by atoms with van der Waals surface area (Å²) in [7, 11) is -3.45. The van der Waals surface area contributed by atoms with Crippen molar-refractivity contribution >= 4 is 27.4 Å². The van der Waals surface area contributed by atoms with Crippen molar-refractivity contribution < 1.29 is 21.6 Å². The summed E-state index contributed by atoms with van der Waals surface area (Å²) in [6.45, 7) is 1.73. The molecule has 0 aliphatic carbocycles. The van der Waals surface area contributed by atoms with E-state index in [1.54, 1.807) is 0 Å². The van der Waals surface area contributed by atoms with Crippen molar-refractivity contribution in [3.63, 3.8) is 0 Å². The van der Waals surface area contributed by atoms with Crippen molar-refractivity contribution in [2.45, 2.75) is 19.1 Å². The largest absolute Gasteiger partial charge is 0.417 e. The van der Waals surface area contributed by atoms with Crippen LogP contribution >= 0.6 is 11.6 Å². The van der Waals surface area contributed by atoms with Gasteiger partial charge < -0.3 is 10.6 Å². The van der Waals surface area contributed by atoms with E-state index in [4.69, 9.17) is 17.3 Å². The highest BCUT2D eigenvalue weighted by atomic mass is 35.5. The molecule has 1 aromatic heterocycles. The highest BCUT2D eigenvalue weighted by Gasteiger charge is 2.34. The summed E-state index contributed by atoms with van der Waals surface area (Å²) in [6, 6.07) is 3.47. The average molecular weight is 464 g/mol. The number of halogens is 4. The fourth-order valence-corrected chi connectivity index (χ4v) is 3.89. The number of alkyl halides is 3. The van der Waals surface area contributed by atoms with Gasteiger partial charge in [0.1, 0.15) is 5.82 Å². The molecule has 1 aliphatic heterocycles. The second-order valence-corrected chi connectivity index (χ2v) is 9.40. The van der Waals surface area contributed by atoms with E-state index in [1.165, 1.54) is 12.3 Å². The Kier molecular flexibility index (Phi) is 6.56. The molecule has 1 aliphatic rings. The Morgan fingerprint density at radius 2 is 2.10 bits per heavy atom. The molecule has 0 amide bonds. The quantitative estimate of drug-likeness (QED) is 0.683. The van der Waals surface area contributed by atoms with Gasteiger partial charge in [0.2, 0.25) is 10.0 Å². The Bertz CT molecular complexity index is 1030. The van der Waals surface area contributed by atoms with Crippen LogP contribution in [-0.2, 0) is 22.7 Å². The molecule has 1 aromatic carbocycles. The highest BCUT2D eigenvalue weighted by molar-refractivity contribution is 7.88. The van der Waals surface area contributed by atoms with E-state index < -0.39 is 26.8 Å². The predicted octanol–water partition coefficient (Wildman–Crippen LogP) is 2.65. The number of nitrogens with two attached hydrogens (primary N) is 1. The number of sulfonamides is 1. The Morgan fingerprint density at radius 1 is 1.37 bits per heavy atom. The summed E-state index contributed by atoms with van der Waals surface area (Å²) in [5.41, 5.74) is 5.45. The maximum absolute atomic E-state index is 13.2. The molecule has 30 heavy (non-hydrogen) atoms. The molecule has 0 radical (unpaired) electrons. The molecular weight excluding hydrogens is 443 g/mol. The minimum absolute atomic E-state index is 0.0351. The molecule has 2 heterocycles. The van der Waals surface area contributed by atoms with Gasteiger partial charge in [0.15, 0.2) is 5.82 Å². The Balaban J connectivity index is 2.02. The Labute approximate surface area is 177 Å². The number of aromatic nitrogens is 2. The van der Waals surface area contributed by atoms with Gasteiger partial charge in [-0.15, -0.1) is 0 Å². The van der Waals surface area contributed by atoms with Crippen LogP contribution in [-0.4, -0.2) is 44.3 Å². The molecule has 0 bridgehead atoms. The van der Waals surface area contributed by atoms with E-state index >= 15 is 0 Å². The Morgan fingerprint density at radius 3 is 2.70 bits per heavy atom. The number of hydrogen-bond acceptors (Lipinski definition) is 6. The predicted molar refractivity (Wildman–Crippen MR) is 109 cm³/mol. The van der Waals surface area contributed by atoms with Crippen LogP contribution in [0.15, 0.2) is 24.4 Å². The molecule has 1 atom stereocenters. The second-order valence-electron chi connectivity index (χ2n) is 7.16. The summed E-state index contributed by atoms with van der Waals surface area (Å²) in [5, 5.41) is -0.411. The van der Waals surface area contributed by atoms with Gasteiger partial charge in [-0.3, -0.25) is 0 Å². The molecule has 2 aromatic rings. The molecule has 0 spiro atoms. The summed E-state index contributed by atoms with van der Waals surface area (Å²) in [6.07, 6.45) is -1.31. The van der Waals surface area contributed by atoms with Crippen molar-refractivity contribution in [1.29, 1.82) is 0 Å². The van der Waals surface area contributed by atoms with E-state index in [0.717, 1.165) is 24.8 Å². The maximum atomic E-state index is 13.2. The number of benzene rings is 1. The van der Waals surface area contributed by atoms with Gasteiger partial charge in [-0.25, -0.2) is 23.1 Å². The number of nitrogens with zero attached hydrogens (tertiary/aromatic N) is 3. The first kappa shape index (κ1) is 22.7. The molecule has 164 valence electrons. The highest BCUT2D eigenvalue weighted by Crippen LogP contribution is 2.37. The van der Waals surface area contributed by atoms with Crippen LogP contribution in [0.4, 0.5) is 19.0 Å². The fourth-order valence-electron chi connectivity index (χ4n) is 3.24. The lowest BCUT2D eigenvalue weighted by molar-refractivity contribution is -0.137. The van der Waals surface area contributed by atoms with Crippen LogP contribution in [0.1, 0.15) is 17.5 Å². The third-order valence-electron chi connectivity index (χ3n) is 4.82. The average Bonchev–Trinajstić information content (AvgIpc) is 3.14. The van der Waals surface area contributed by atoms with Gasteiger partial charge in [0.05, 0.1) is 16.8 Å². The van der Waals surface area contributed by atoms with Crippen LogP contribution in [0.3, 0.4) is 0 Å². The van der Waals surface area contributed by atoms with Crippen LogP contribution in [0.5, 0.6) is 0 Å². The molecule has 1 saturated heterocycles. The van der Waals surface area contributed by atoms with Crippen molar-refractivity contribution in [2.24, 2.45) is 11.7 Å². The van der Waals surface area contributed by atoms with Gasteiger partial charge in [0.25, 0.3) is 0 Å². The number of rotatable bonds is 6. The van der Waals surface area contributed by atoms with Crippen molar-refractivity contribution in [2.75, 3.05) is 30.8 Å². The van der Waals surface area contributed by atoms with E-state index in [1.807, 2.05) is 4.90 Å². The van der Waals surface area contributed by atoms with Crippen LogP contribution < -0.4 is 15.4 Å². The van der Waals surface area contributed by atoms with Crippen molar-refractivity contribution in [3.8, 4) is 11.4 Å². The molecule has 1 unspecified atom stereocenters. The molecule has 1 fully saturated rings. The summed E-state index contributed by atoms with van der Waals surface area (Å²) >= 11 is 5.70. The lowest BCUT2D eigenvalue weighted by Gasteiger charge is -2.21. The molecule has 12 heteroatoms. The van der Waals surface area contributed by atoms with Crippen LogP contribution in [0.25, 0.3) is 11.4 Å². The van der Waals surface area contributed by atoms with Crippen LogP contribution in [0, 0.1) is 5.92 Å². The first-order valence-corrected chi connectivity index (χ1v) is 11.4. The summed E-state index contributed by atoms with van der Waals surface area (Å²) in [5.74, 6) is 0.813.